The zero-order valence-electron chi connectivity index (χ0n) is 10.2. The van der Waals surface area contributed by atoms with Crippen LogP contribution in [0.4, 0.5) is 0 Å². The van der Waals surface area contributed by atoms with Crippen molar-refractivity contribution in [1.82, 2.24) is 5.06 Å². The van der Waals surface area contributed by atoms with Crippen LogP contribution in [0.15, 0.2) is 18.2 Å². The van der Waals surface area contributed by atoms with Crippen LogP contribution in [0.25, 0.3) is 0 Å². The fraction of sp³-hybridized carbons (Fsp3) is 0.462. The summed E-state index contributed by atoms with van der Waals surface area (Å²) in [6.07, 6.45) is 3.16. The predicted octanol–water partition coefficient (Wildman–Crippen LogP) is 2.31. The molecular weight excluding hydrogens is 291 g/mol. The number of hydrogen-bond donors (Lipinski definition) is 1. The number of nitrogens with zero attached hydrogens (tertiary/aromatic N) is 1. The van der Waals surface area contributed by atoms with Gasteiger partial charge in [0.15, 0.2) is 0 Å². The summed E-state index contributed by atoms with van der Waals surface area (Å²) in [4.78, 5) is 10.2. The van der Waals surface area contributed by atoms with E-state index in [1.54, 1.807) is 0 Å². The van der Waals surface area contributed by atoms with Crippen LogP contribution in [0.1, 0.15) is 35.4 Å². The number of benzene rings is 1. The van der Waals surface area contributed by atoms with Crippen LogP contribution in [-0.2, 0) is 37.5 Å². The summed E-state index contributed by atoms with van der Waals surface area (Å²) < 4.78 is 0. The Morgan fingerprint density at radius 3 is 2.53 bits per heavy atom. The van der Waals surface area contributed by atoms with Crippen molar-refractivity contribution in [2.75, 3.05) is 0 Å². The quantitative estimate of drug-likeness (QED) is 0.403. The largest absolute Gasteiger partial charge is 3.00 e. The minimum Gasteiger partial charge on any atom is -0.517 e. The van der Waals surface area contributed by atoms with Crippen molar-refractivity contribution in [2.24, 2.45) is 0 Å². The number of rotatable bonds is 3. The second kappa shape index (κ2) is 6.08. The molecule has 0 saturated heterocycles. The molecule has 1 fully saturated rings. The van der Waals surface area contributed by atoms with E-state index in [0.29, 0.717) is 11.0 Å². The molecular formula is C13H16NO2Y+2. The first-order chi connectivity index (χ1) is 7.61. The molecule has 0 spiro atoms. The smallest absolute Gasteiger partial charge is 0.517 e. The van der Waals surface area contributed by atoms with Gasteiger partial charge in [0.1, 0.15) is 0 Å². The van der Waals surface area contributed by atoms with Gasteiger partial charge in [0.25, 0.3) is 0 Å². The predicted molar refractivity (Wildman–Crippen MR) is 61.0 cm³/mol. The van der Waals surface area contributed by atoms with Gasteiger partial charge in [0.05, 0.1) is 0 Å². The molecule has 2 rings (SSSR count). The van der Waals surface area contributed by atoms with E-state index in [0.717, 1.165) is 12.8 Å². The van der Waals surface area contributed by atoms with E-state index in [-0.39, 0.29) is 38.8 Å². The molecule has 1 aliphatic carbocycles. The molecule has 1 amide bonds. The van der Waals surface area contributed by atoms with E-state index in [4.69, 9.17) is 5.21 Å². The summed E-state index contributed by atoms with van der Waals surface area (Å²) in [5, 5.41) is 9.83. The van der Waals surface area contributed by atoms with Gasteiger partial charge in [-0.1, -0.05) is 23.8 Å². The molecule has 86 valence electrons. The minimum absolute atomic E-state index is 0. The Morgan fingerprint density at radius 1 is 1.35 bits per heavy atom. The van der Waals surface area contributed by atoms with Crippen molar-refractivity contribution >= 4 is 6.41 Å². The summed E-state index contributed by atoms with van der Waals surface area (Å²) >= 11 is 0. The molecule has 17 heavy (non-hydrogen) atoms. The molecule has 1 N–H and O–H groups in total. The van der Waals surface area contributed by atoms with E-state index in [1.165, 1.54) is 23.1 Å². The molecule has 1 aromatic rings. The Bertz CT molecular complexity index is 402. The molecule has 0 unspecified atom stereocenters. The Kier molecular flexibility index (Phi) is 5.30. The van der Waals surface area contributed by atoms with Gasteiger partial charge in [-0.05, 0) is 43.7 Å². The molecule has 0 radical (unpaired) electrons. The molecule has 0 atom stereocenters. The third-order valence-electron chi connectivity index (χ3n) is 3.42. The maximum atomic E-state index is 10.2. The first-order valence-electron chi connectivity index (χ1n) is 5.55. The number of aryl methyl sites for hydroxylation is 2. The first kappa shape index (κ1) is 14.8. The molecule has 1 aromatic carbocycles. The normalized spacial score (nSPS) is 22.3. The first-order valence-corrected chi connectivity index (χ1v) is 5.55. The second-order valence-electron chi connectivity index (χ2n) is 4.62. The van der Waals surface area contributed by atoms with E-state index in [1.807, 2.05) is 0 Å². The maximum Gasteiger partial charge on any atom is 3.00 e. The van der Waals surface area contributed by atoms with Crippen LogP contribution in [0.2, 0.25) is 0 Å². The molecule has 0 heterocycles. The van der Waals surface area contributed by atoms with E-state index in [2.05, 4.69) is 32.0 Å². The molecule has 0 aliphatic heterocycles. The van der Waals surface area contributed by atoms with E-state index >= 15 is 0 Å². The van der Waals surface area contributed by atoms with Crippen LogP contribution in [0, 0.1) is 13.8 Å². The SMILES string of the molecule is Cc1ccc(C2CC(N(O)[C-]=O)C2)c(C)c1.[Y+3]. The fourth-order valence-electron chi connectivity index (χ4n) is 2.40. The van der Waals surface area contributed by atoms with Crippen molar-refractivity contribution < 1.29 is 42.7 Å². The zero-order valence-corrected chi connectivity index (χ0v) is 13.0. The standard InChI is InChI=1S/C13H16NO2.Y/c1-9-3-4-13(10(2)5-9)11-6-12(7-11)14(16)8-15;/h3-5,11-12,16H,6-7H2,1-2H3;/q-1;+3. The summed E-state index contributed by atoms with van der Waals surface area (Å²) in [6.45, 7) is 4.19. The van der Waals surface area contributed by atoms with Crippen LogP contribution in [0.5, 0.6) is 0 Å². The van der Waals surface area contributed by atoms with Gasteiger partial charge >= 0.3 is 32.7 Å². The van der Waals surface area contributed by atoms with Gasteiger partial charge in [-0.3, -0.25) is 0 Å². The average molecular weight is 307 g/mol. The fourth-order valence-corrected chi connectivity index (χ4v) is 2.40. The van der Waals surface area contributed by atoms with Gasteiger partial charge in [0, 0.05) is 6.04 Å². The van der Waals surface area contributed by atoms with Gasteiger partial charge in [0.2, 0.25) is 0 Å². The monoisotopic (exact) mass is 307 g/mol. The van der Waals surface area contributed by atoms with Crippen LogP contribution >= 0.6 is 0 Å². The third-order valence-corrected chi connectivity index (χ3v) is 3.42. The number of carbonyl (C=O) groups excluding carboxylic acids is 1. The van der Waals surface area contributed by atoms with E-state index < -0.39 is 0 Å². The second-order valence-corrected chi connectivity index (χ2v) is 4.62. The molecule has 1 aliphatic rings. The molecule has 3 nitrogen and oxygen atoms in total. The number of amides is 1. The number of hydroxylamine groups is 2. The van der Waals surface area contributed by atoms with Crippen LogP contribution < -0.4 is 0 Å². The maximum absolute atomic E-state index is 10.2. The Labute approximate surface area is 127 Å². The van der Waals surface area contributed by atoms with Gasteiger partial charge < -0.3 is 15.1 Å². The van der Waals surface area contributed by atoms with Gasteiger partial charge in [-0.25, -0.2) is 0 Å². The molecule has 1 saturated carbocycles. The van der Waals surface area contributed by atoms with Crippen LogP contribution in [0.3, 0.4) is 0 Å². The number of hydrogen-bond acceptors (Lipinski definition) is 2. The van der Waals surface area contributed by atoms with Crippen LogP contribution in [-0.4, -0.2) is 22.7 Å². The Balaban J connectivity index is 0.00000144. The van der Waals surface area contributed by atoms with Crippen molar-refractivity contribution in [3.63, 3.8) is 0 Å². The Hall–Kier alpha value is -0.246. The van der Waals surface area contributed by atoms with Crippen molar-refractivity contribution in [2.45, 2.75) is 38.6 Å². The van der Waals surface area contributed by atoms with E-state index in [9.17, 15) is 4.79 Å². The third kappa shape index (κ3) is 3.15. The summed E-state index contributed by atoms with van der Waals surface area (Å²) in [5.74, 6) is 0.466. The molecule has 0 bridgehead atoms. The minimum atomic E-state index is -0.0526. The topological polar surface area (TPSA) is 40.5 Å². The molecule has 4 heteroatoms. The van der Waals surface area contributed by atoms with Gasteiger partial charge in [-0.2, -0.15) is 0 Å². The van der Waals surface area contributed by atoms with Crippen molar-refractivity contribution in [1.29, 1.82) is 0 Å². The van der Waals surface area contributed by atoms with Crippen molar-refractivity contribution in [3.05, 3.63) is 34.9 Å². The van der Waals surface area contributed by atoms with Gasteiger partial charge in [-0.15, -0.1) is 6.41 Å². The summed E-state index contributed by atoms with van der Waals surface area (Å²) in [6, 6.07) is 6.38. The Morgan fingerprint density at radius 2 is 2.00 bits per heavy atom. The molecule has 0 aromatic heterocycles. The average Bonchev–Trinajstić information content (AvgIpc) is 2.18. The van der Waals surface area contributed by atoms with Crippen molar-refractivity contribution in [3.8, 4) is 0 Å². The summed E-state index contributed by atoms with van der Waals surface area (Å²) in [7, 11) is 0. The zero-order chi connectivity index (χ0) is 11.7. The summed E-state index contributed by atoms with van der Waals surface area (Å²) in [5.41, 5.74) is 3.89.